The fraction of sp³-hybridized carbons (Fsp3) is 0.833. The molecule has 3 fully saturated rings. The molecule has 2 saturated carbocycles. The average molecular weight is 333 g/mol. The molecular weight excluding hydrogens is 306 g/mol. The molecule has 0 bridgehead atoms. The highest BCUT2D eigenvalue weighted by molar-refractivity contribution is 5.79. The van der Waals surface area contributed by atoms with E-state index in [-0.39, 0.29) is 29.6 Å². The molecule has 0 aromatic rings. The summed E-state index contributed by atoms with van der Waals surface area (Å²) >= 11 is 0. The fourth-order valence-electron chi connectivity index (χ4n) is 4.96. The second-order valence-corrected chi connectivity index (χ2v) is 7.92. The number of nitrogens with zero attached hydrogens (tertiary/aromatic N) is 2. The van der Waals surface area contributed by atoms with Crippen molar-refractivity contribution in [3.05, 3.63) is 0 Å². The number of amides is 1. The van der Waals surface area contributed by atoms with Gasteiger partial charge >= 0.3 is 5.97 Å². The summed E-state index contributed by atoms with van der Waals surface area (Å²) in [7, 11) is 0. The Kier molecular flexibility index (Phi) is 4.82. The van der Waals surface area contributed by atoms with E-state index in [0.717, 1.165) is 38.5 Å². The van der Waals surface area contributed by atoms with Crippen LogP contribution < -0.4 is 5.32 Å². The monoisotopic (exact) mass is 333 g/mol. The Labute approximate surface area is 143 Å². The van der Waals surface area contributed by atoms with Crippen LogP contribution in [0, 0.1) is 23.2 Å². The van der Waals surface area contributed by atoms with Gasteiger partial charge in [0.25, 0.3) is 0 Å². The van der Waals surface area contributed by atoms with Crippen LogP contribution in [0.1, 0.15) is 52.4 Å². The molecule has 6 nitrogen and oxygen atoms in total. The van der Waals surface area contributed by atoms with E-state index in [1.807, 2.05) is 0 Å². The van der Waals surface area contributed by atoms with Crippen LogP contribution in [-0.4, -0.2) is 47.6 Å². The van der Waals surface area contributed by atoms with E-state index in [1.54, 1.807) is 4.90 Å². The predicted molar refractivity (Wildman–Crippen MR) is 87.8 cm³/mol. The van der Waals surface area contributed by atoms with Gasteiger partial charge in [0.2, 0.25) is 5.91 Å². The molecule has 0 aromatic heterocycles. The zero-order valence-electron chi connectivity index (χ0n) is 14.6. The Balaban J connectivity index is 1.48. The summed E-state index contributed by atoms with van der Waals surface area (Å²) in [5, 5.41) is 12.6. The molecule has 0 unspecified atom stereocenters. The zero-order chi connectivity index (χ0) is 17.3. The molecule has 1 saturated heterocycles. The topological polar surface area (TPSA) is 82.4 Å². The summed E-state index contributed by atoms with van der Waals surface area (Å²) in [6, 6.07) is 1.97. The van der Waals surface area contributed by atoms with Crippen molar-refractivity contribution in [2.75, 3.05) is 13.1 Å². The van der Waals surface area contributed by atoms with E-state index in [0.29, 0.717) is 24.9 Å². The molecule has 1 heterocycles. The van der Waals surface area contributed by atoms with Crippen molar-refractivity contribution in [3.63, 3.8) is 0 Å². The highest BCUT2D eigenvalue weighted by Gasteiger charge is 2.48. The number of fused-ring (bicyclic) bond motifs is 1. The molecular formula is C18H27N3O3. The molecule has 2 aliphatic carbocycles. The summed E-state index contributed by atoms with van der Waals surface area (Å²) in [6.45, 7) is 4.66. The van der Waals surface area contributed by atoms with Crippen LogP contribution in [0.5, 0.6) is 0 Å². The van der Waals surface area contributed by atoms with Crippen LogP contribution in [0.2, 0.25) is 0 Å². The maximum Gasteiger partial charge on any atom is 0.302 e. The first kappa shape index (κ1) is 17.2. The van der Waals surface area contributed by atoms with Crippen LogP contribution >= 0.6 is 0 Å². The third-order valence-electron chi connectivity index (χ3n) is 5.94. The molecule has 0 aromatic carbocycles. The molecule has 24 heavy (non-hydrogen) atoms. The van der Waals surface area contributed by atoms with E-state index in [4.69, 9.17) is 10.00 Å². The summed E-state index contributed by atoms with van der Waals surface area (Å²) in [6.07, 6.45) is 5.71. The van der Waals surface area contributed by atoms with E-state index in [9.17, 15) is 9.59 Å². The normalized spacial score (nSPS) is 38.0. The smallest absolute Gasteiger partial charge is 0.302 e. The Bertz CT molecular complexity index is 542. The fourth-order valence-corrected chi connectivity index (χ4v) is 4.96. The van der Waals surface area contributed by atoms with Crippen LogP contribution in [-0.2, 0) is 14.3 Å². The molecule has 1 N–H and O–H groups in total. The van der Waals surface area contributed by atoms with Gasteiger partial charge in [-0.3, -0.25) is 9.59 Å². The lowest BCUT2D eigenvalue weighted by atomic mass is 9.95. The summed E-state index contributed by atoms with van der Waals surface area (Å²) in [5.74, 6) is 0.987. The van der Waals surface area contributed by atoms with Crippen molar-refractivity contribution in [1.29, 1.82) is 5.26 Å². The Morgan fingerprint density at radius 2 is 2.00 bits per heavy atom. The molecule has 0 spiro atoms. The molecule has 3 aliphatic rings. The molecule has 1 aliphatic heterocycles. The largest absolute Gasteiger partial charge is 0.463 e. The summed E-state index contributed by atoms with van der Waals surface area (Å²) in [4.78, 5) is 25.2. The van der Waals surface area contributed by atoms with Gasteiger partial charge in [0, 0.05) is 19.0 Å². The predicted octanol–water partition coefficient (Wildman–Crippen LogP) is 1.60. The minimum Gasteiger partial charge on any atom is -0.463 e. The number of nitrogens with one attached hydrogen (secondary N) is 1. The maximum atomic E-state index is 12.4. The minimum atomic E-state index is -0.250. The van der Waals surface area contributed by atoms with E-state index in [2.05, 4.69) is 18.3 Å². The van der Waals surface area contributed by atoms with E-state index >= 15 is 0 Å². The Morgan fingerprint density at radius 3 is 2.58 bits per heavy atom. The quantitative estimate of drug-likeness (QED) is 0.790. The first-order valence-electron chi connectivity index (χ1n) is 9.01. The molecule has 6 heteroatoms. The average Bonchev–Trinajstić information content (AvgIpc) is 3.17. The van der Waals surface area contributed by atoms with Crippen LogP contribution in [0.3, 0.4) is 0 Å². The zero-order valence-corrected chi connectivity index (χ0v) is 14.6. The van der Waals surface area contributed by atoms with Gasteiger partial charge < -0.3 is 15.0 Å². The van der Waals surface area contributed by atoms with Crippen molar-refractivity contribution in [3.8, 4) is 6.07 Å². The van der Waals surface area contributed by atoms with Crippen LogP contribution in [0.15, 0.2) is 0 Å². The number of carbonyl (C=O) groups excluding carboxylic acids is 2. The highest BCUT2D eigenvalue weighted by Crippen LogP contribution is 2.49. The number of likely N-dealkylation sites (tertiary alicyclic amines) is 1. The van der Waals surface area contributed by atoms with Gasteiger partial charge in [-0.05, 0) is 57.3 Å². The van der Waals surface area contributed by atoms with Crippen LogP contribution in [0.25, 0.3) is 0 Å². The van der Waals surface area contributed by atoms with Gasteiger partial charge in [-0.25, -0.2) is 0 Å². The van der Waals surface area contributed by atoms with E-state index < -0.39 is 0 Å². The third-order valence-corrected chi connectivity index (χ3v) is 5.94. The van der Waals surface area contributed by atoms with Crippen molar-refractivity contribution in [1.82, 2.24) is 10.2 Å². The first-order valence-corrected chi connectivity index (χ1v) is 9.01. The van der Waals surface area contributed by atoms with Crippen molar-refractivity contribution >= 4 is 11.9 Å². The third kappa shape index (κ3) is 3.56. The van der Waals surface area contributed by atoms with Gasteiger partial charge in [-0.1, -0.05) is 0 Å². The molecule has 0 radical (unpaired) electrons. The van der Waals surface area contributed by atoms with Gasteiger partial charge in [0.1, 0.15) is 12.1 Å². The lowest BCUT2D eigenvalue weighted by molar-refractivity contribution is -0.146. The van der Waals surface area contributed by atoms with Crippen molar-refractivity contribution in [2.24, 2.45) is 11.8 Å². The number of nitriles is 1. The molecule has 132 valence electrons. The van der Waals surface area contributed by atoms with E-state index in [1.165, 1.54) is 6.92 Å². The molecule has 1 amide bonds. The number of rotatable bonds is 4. The minimum absolute atomic E-state index is 0.0337. The number of esters is 1. The first-order chi connectivity index (χ1) is 11.4. The second-order valence-electron chi connectivity index (χ2n) is 7.92. The SMILES string of the molecule is CC(=O)O[C@@H]1C[C@@H]2C[C@@](C)(NCC(=O)N3CCC[C@H]3C#N)C[C@@H]2C1. The Morgan fingerprint density at radius 1 is 1.33 bits per heavy atom. The Hall–Kier alpha value is -1.61. The van der Waals surface area contributed by atoms with Gasteiger partial charge in [0.15, 0.2) is 0 Å². The molecule has 5 atom stereocenters. The van der Waals surface area contributed by atoms with Gasteiger partial charge in [0.05, 0.1) is 12.6 Å². The lowest BCUT2D eigenvalue weighted by Gasteiger charge is -2.29. The maximum absolute atomic E-state index is 12.4. The highest BCUT2D eigenvalue weighted by atomic mass is 16.5. The van der Waals surface area contributed by atoms with Crippen LogP contribution in [0.4, 0.5) is 0 Å². The van der Waals surface area contributed by atoms with Crippen molar-refractivity contribution < 1.29 is 14.3 Å². The van der Waals surface area contributed by atoms with Gasteiger partial charge in [-0.2, -0.15) is 5.26 Å². The lowest BCUT2D eigenvalue weighted by Crippen LogP contribution is -2.48. The number of hydrogen-bond donors (Lipinski definition) is 1. The summed E-state index contributed by atoms with van der Waals surface area (Å²) in [5.41, 5.74) is -0.0337. The van der Waals surface area contributed by atoms with Crippen molar-refractivity contribution in [2.45, 2.75) is 70.1 Å². The number of hydrogen-bond acceptors (Lipinski definition) is 5. The van der Waals surface area contributed by atoms with Gasteiger partial charge in [-0.15, -0.1) is 0 Å². The summed E-state index contributed by atoms with van der Waals surface area (Å²) < 4.78 is 5.35. The second kappa shape index (κ2) is 6.72. The molecule has 3 rings (SSSR count). The standard InChI is InChI=1S/C18H27N3O3/c1-12(22)24-16-6-13-8-18(2,9-14(13)7-16)20-11-17(23)21-5-3-4-15(21)10-19/h13-16,20H,3-9,11H2,1-2H3/t13-,14+,15-,16-,18-/m0/s1. The number of carbonyl (C=O) groups is 2. The number of ether oxygens (including phenoxy) is 1.